The first-order valence-electron chi connectivity index (χ1n) is 8.91. The topological polar surface area (TPSA) is 33.5 Å². The first-order chi connectivity index (χ1) is 9.78. The molecule has 3 nitrogen and oxygen atoms in total. The average Bonchev–Trinajstić information content (AvgIpc) is 2.43. The number of quaternary nitrogens is 1. The van der Waals surface area contributed by atoms with Gasteiger partial charge in [0.05, 0.1) is 13.1 Å². The van der Waals surface area contributed by atoms with Crippen LogP contribution >= 0.6 is 0 Å². The molecule has 4 aliphatic carbocycles. The lowest BCUT2D eigenvalue weighted by atomic mass is 9.54. The standard InChI is InChI=1S/C17H28N2O/c20-16(11-19-4-2-1-3-5-19)18-17-14-7-12-6-13(9-14)10-15(17)8-12/h12-15,17H,1-11H2,(H,18,20)/p+1. The van der Waals surface area contributed by atoms with E-state index in [1.54, 1.807) is 0 Å². The van der Waals surface area contributed by atoms with Crippen LogP contribution in [0, 0.1) is 23.7 Å². The summed E-state index contributed by atoms with van der Waals surface area (Å²) in [4.78, 5) is 13.9. The molecule has 1 amide bonds. The summed E-state index contributed by atoms with van der Waals surface area (Å²) in [6.45, 7) is 3.13. The molecule has 4 bridgehead atoms. The first-order valence-corrected chi connectivity index (χ1v) is 8.91. The van der Waals surface area contributed by atoms with Crippen molar-refractivity contribution in [3.05, 3.63) is 0 Å². The summed E-state index contributed by atoms with van der Waals surface area (Å²) < 4.78 is 0. The number of hydrogen-bond acceptors (Lipinski definition) is 1. The van der Waals surface area contributed by atoms with E-state index in [2.05, 4.69) is 5.32 Å². The lowest BCUT2D eigenvalue weighted by molar-refractivity contribution is -0.896. The molecule has 5 rings (SSSR count). The smallest absolute Gasteiger partial charge is 0.275 e. The third-order valence-electron chi connectivity index (χ3n) is 6.53. The molecule has 0 aromatic heterocycles. The second kappa shape index (κ2) is 5.32. The Morgan fingerprint density at radius 3 is 2.10 bits per heavy atom. The second-order valence-corrected chi connectivity index (χ2v) is 8.01. The molecule has 2 N–H and O–H groups in total. The highest BCUT2D eigenvalue weighted by molar-refractivity contribution is 5.77. The molecule has 0 atom stereocenters. The third-order valence-corrected chi connectivity index (χ3v) is 6.53. The quantitative estimate of drug-likeness (QED) is 0.793. The maximum absolute atomic E-state index is 12.4. The van der Waals surface area contributed by atoms with Gasteiger partial charge in [-0.3, -0.25) is 4.79 Å². The van der Waals surface area contributed by atoms with Gasteiger partial charge in [-0.15, -0.1) is 0 Å². The van der Waals surface area contributed by atoms with Crippen molar-refractivity contribution in [1.82, 2.24) is 5.32 Å². The number of nitrogens with one attached hydrogen (secondary N) is 2. The van der Waals surface area contributed by atoms with Crippen LogP contribution in [-0.2, 0) is 4.79 Å². The van der Waals surface area contributed by atoms with Gasteiger partial charge in [0.1, 0.15) is 0 Å². The van der Waals surface area contributed by atoms with Gasteiger partial charge >= 0.3 is 0 Å². The van der Waals surface area contributed by atoms with Crippen LogP contribution < -0.4 is 10.2 Å². The molecule has 1 saturated heterocycles. The van der Waals surface area contributed by atoms with Crippen LogP contribution in [0.1, 0.15) is 51.4 Å². The van der Waals surface area contributed by atoms with Crippen LogP contribution in [0.2, 0.25) is 0 Å². The summed E-state index contributed by atoms with van der Waals surface area (Å²) in [5.41, 5.74) is 0. The number of piperidine rings is 1. The van der Waals surface area contributed by atoms with Gasteiger partial charge in [-0.2, -0.15) is 0 Å². The van der Waals surface area contributed by atoms with Crippen LogP contribution in [0.5, 0.6) is 0 Å². The lowest BCUT2D eigenvalue weighted by Crippen LogP contribution is -3.14. The number of carbonyl (C=O) groups is 1. The molecule has 0 aromatic carbocycles. The maximum Gasteiger partial charge on any atom is 0.275 e. The van der Waals surface area contributed by atoms with E-state index in [4.69, 9.17) is 0 Å². The Morgan fingerprint density at radius 2 is 1.50 bits per heavy atom. The average molecular weight is 277 g/mol. The minimum absolute atomic E-state index is 0.333. The number of carbonyl (C=O) groups excluding carboxylic acids is 1. The highest BCUT2D eigenvalue weighted by Crippen LogP contribution is 2.53. The van der Waals surface area contributed by atoms with Gasteiger partial charge in [0.2, 0.25) is 0 Å². The van der Waals surface area contributed by atoms with Gasteiger partial charge in [0, 0.05) is 6.04 Å². The maximum atomic E-state index is 12.4. The zero-order valence-electron chi connectivity index (χ0n) is 12.6. The Labute approximate surface area is 122 Å². The fourth-order valence-electron chi connectivity index (χ4n) is 5.85. The minimum atomic E-state index is 0.333. The summed E-state index contributed by atoms with van der Waals surface area (Å²) in [5.74, 6) is 3.95. The summed E-state index contributed by atoms with van der Waals surface area (Å²) in [6.07, 6.45) is 11.1. The fraction of sp³-hybridized carbons (Fsp3) is 0.941. The van der Waals surface area contributed by atoms with Crippen molar-refractivity contribution >= 4 is 5.91 Å². The molecule has 112 valence electrons. The number of amides is 1. The Kier molecular flexibility index (Phi) is 3.49. The van der Waals surface area contributed by atoms with E-state index >= 15 is 0 Å². The van der Waals surface area contributed by atoms with E-state index in [9.17, 15) is 4.79 Å². The molecule has 0 radical (unpaired) electrons. The van der Waals surface area contributed by atoms with E-state index in [-0.39, 0.29) is 0 Å². The Balaban J connectivity index is 1.33. The Hall–Kier alpha value is -0.570. The molecule has 1 aliphatic heterocycles. The molecule has 1 heterocycles. The van der Waals surface area contributed by atoms with E-state index in [1.807, 2.05) is 0 Å². The molecular formula is C17H29N2O+. The van der Waals surface area contributed by atoms with Gasteiger partial charge in [-0.25, -0.2) is 0 Å². The van der Waals surface area contributed by atoms with Gasteiger partial charge in [-0.05, 0) is 75.0 Å². The van der Waals surface area contributed by atoms with Crippen molar-refractivity contribution in [2.75, 3.05) is 19.6 Å². The van der Waals surface area contributed by atoms with Gasteiger partial charge in [0.15, 0.2) is 6.54 Å². The monoisotopic (exact) mass is 277 g/mol. The molecule has 5 aliphatic rings. The lowest BCUT2D eigenvalue weighted by Gasteiger charge is -2.54. The van der Waals surface area contributed by atoms with Crippen molar-refractivity contribution in [3.8, 4) is 0 Å². The number of likely N-dealkylation sites (tertiary alicyclic amines) is 1. The molecule has 3 heteroatoms. The first kappa shape index (κ1) is 13.1. The Bertz CT molecular complexity index is 347. The van der Waals surface area contributed by atoms with Crippen molar-refractivity contribution < 1.29 is 9.69 Å². The zero-order chi connectivity index (χ0) is 13.5. The predicted molar refractivity (Wildman–Crippen MR) is 78.4 cm³/mol. The minimum Gasteiger partial charge on any atom is -0.348 e. The predicted octanol–water partition coefficient (Wildman–Crippen LogP) is 0.996. The zero-order valence-corrected chi connectivity index (χ0v) is 12.6. The van der Waals surface area contributed by atoms with Crippen LogP contribution in [-0.4, -0.2) is 31.6 Å². The molecule has 0 aromatic rings. The molecule has 4 saturated carbocycles. The van der Waals surface area contributed by atoms with E-state index < -0.39 is 0 Å². The van der Waals surface area contributed by atoms with Crippen molar-refractivity contribution in [3.63, 3.8) is 0 Å². The Morgan fingerprint density at radius 1 is 0.900 bits per heavy atom. The van der Waals surface area contributed by atoms with Crippen molar-refractivity contribution in [1.29, 1.82) is 0 Å². The number of hydrogen-bond donors (Lipinski definition) is 2. The highest BCUT2D eigenvalue weighted by Gasteiger charge is 2.48. The van der Waals surface area contributed by atoms with Gasteiger partial charge < -0.3 is 10.2 Å². The van der Waals surface area contributed by atoms with Crippen LogP contribution in [0.3, 0.4) is 0 Å². The summed E-state index contributed by atoms with van der Waals surface area (Å²) >= 11 is 0. The molecule has 0 unspecified atom stereocenters. The third kappa shape index (κ3) is 2.49. The van der Waals surface area contributed by atoms with Crippen molar-refractivity contribution in [2.24, 2.45) is 23.7 Å². The molecule has 20 heavy (non-hydrogen) atoms. The number of rotatable bonds is 3. The van der Waals surface area contributed by atoms with E-state index in [0.29, 0.717) is 11.9 Å². The van der Waals surface area contributed by atoms with Crippen LogP contribution in [0.4, 0.5) is 0 Å². The van der Waals surface area contributed by atoms with Crippen LogP contribution in [0.15, 0.2) is 0 Å². The SMILES string of the molecule is O=C(C[NH+]1CCCCC1)NC1C2CC3CC(C2)CC1C3. The van der Waals surface area contributed by atoms with E-state index in [1.165, 1.54) is 69.4 Å². The van der Waals surface area contributed by atoms with Crippen LogP contribution in [0.25, 0.3) is 0 Å². The van der Waals surface area contributed by atoms with Gasteiger partial charge in [-0.1, -0.05) is 0 Å². The highest BCUT2D eigenvalue weighted by atomic mass is 16.2. The normalized spacial score (nSPS) is 43.7. The largest absolute Gasteiger partial charge is 0.348 e. The summed E-state index contributed by atoms with van der Waals surface area (Å²) in [7, 11) is 0. The van der Waals surface area contributed by atoms with Gasteiger partial charge in [0.25, 0.3) is 5.91 Å². The molecule has 5 fully saturated rings. The summed E-state index contributed by atoms with van der Waals surface area (Å²) in [5, 5.41) is 3.45. The second-order valence-electron chi connectivity index (χ2n) is 8.01. The van der Waals surface area contributed by atoms with E-state index in [0.717, 1.165) is 30.2 Å². The summed E-state index contributed by atoms with van der Waals surface area (Å²) in [6, 6.07) is 0.527. The van der Waals surface area contributed by atoms with Crippen molar-refractivity contribution in [2.45, 2.75) is 57.4 Å². The molecule has 0 spiro atoms. The molecular weight excluding hydrogens is 248 g/mol. The fourth-order valence-corrected chi connectivity index (χ4v) is 5.85.